The van der Waals surface area contributed by atoms with Crippen LogP contribution in [0.5, 0.6) is 0 Å². The van der Waals surface area contributed by atoms with Crippen LogP contribution in [0.15, 0.2) is 30.5 Å². The molecular formula is C17H21N3O2. The van der Waals surface area contributed by atoms with Gasteiger partial charge in [-0.2, -0.15) is 0 Å². The van der Waals surface area contributed by atoms with Gasteiger partial charge in [0.2, 0.25) is 0 Å². The van der Waals surface area contributed by atoms with E-state index in [1.54, 1.807) is 12.1 Å². The Morgan fingerprint density at radius 3 is 2.68 bits per heavy atom. The van der Waals surface area contributed by atoms with Gasteiger partial charge in [-0.1, -0.05) is 12.1 Å². The lowest BCUT2D eigenvalue weighted by Crippen LogP contribution is -2.24. The van der Waals surface area contributed by atoms with Gasteiger partial charge in [0.15, 0.2) is 0 Å². The molecule has 1 aliphatic rings. The molecule has 1 atom stereocenters. The smallest absolute Gasteiger partial charge is 0.335 e. The van der Waals surface area contributed by atoms with Crippen molar-refractivity contribution in [2.45, 2.75) is 32.4 Å². The molecule has 1 N–H and O–H groups in total. The Bertz CT molecular complexity index is 676. The van der Waals surface area contributed by atoms with Crippen molar-refractivity contribution in [1.29, 1.82) is 0 Å². The normalized spacial score (nSPS) is 18.7. The maximum absolute atomic E-state index is 10.9. The molecular weight excluding hydrogens is 278 g/mol. The lowest BCUT2D eigenvalue weighted by Gasteiger charge is -2.24. The zero-order valence-electron chi connectivity index (χ0n) is 13.0. The fraction of sp³-hybridized carbons (Fsp3) is 0.412. The summed E-state index contributed by atoms with van der Waals surface area (Å²) in [6, 6.07) is 7.50. The van der Waals surface area contributed by atoms with Crippen LogP contribution in [0.2, 0.25) is 0 Å². The molecule has 0 radical (unpaired) electrons. The van der Waals surface area contributed by atoms with Crippen LogP contribution < -0.4 is 0 Å². The summed E-state index contributed by atoms with van der Waals surface area (Å²) in [5, 5.41) is 8.96. The van der Waals surface area contributed by atoms with Crippen LogP contribution in [0.3, 0.4) is 0 Å². The second kappa shape index (κ2) is 5.93. The predicted octanol–water partition coefficient (Wildman–Crippen LogP) is 2.76. The monoisotopic (exact) mass is 299 g/mol. The third-order valence-corrected chi connectivity index (χ3v) is 4.28. The van der Waals surface area contributed by atoms with Crippen LogP contribution in [-0.4, -0.2) is 32.1 Å². The standard InChI is InChI=1S/C17H21N3O2/c1-12-10-19(2)16(18-12)15-4-3-9-20(15)11-13-5-7-14(8-6-13)17(21)22/h5-8,10,15H,3-4,9,11H2,1-2H3,(H,21,22)/t15-/m0/s1. The van der Waals surface area contributed by atoms with Gasteiger partial charge in [0.05, 0.1) is 17.3 Å². The summed E-state index contributed by atoms with van der Waals surface area (Å²) in [4.78, 5) is 18.0. The Kier molecular flexibility index (Phi) is 3.98. The van der Waals surface area contributed by atoms with Gasteiger partial charge in [0, 0.05) is 19.8 Å². The number of nitrogens with zero attached hydrogens (tertiary/aromatic N) is 3. The van der Waals surface area contributed by atoms with Crippen molar-refractivity contribution < 1.29 is 9.90 Å². The highest BCUT2D eigenvalue weighted by Gasteiger charge is 2.29. The number of rotatable bonds is 4. The molecule has 2 heterocycles. The summed E-state index contributed by atoms with van der Waals surface area (Å²) in [7, 11) is 2.05. The number of carboxylic acid groups (broad SMARTS) is 1. The maximum Gasteiger partial charge on any atom is 0.335 e. The molecule has 1 aromatic heterocycles. The van der Waals surface area contributed by atoms with E-state index in [1.807, 2.05) is 26.1 Å². The van der Waals surface area contributed by atoms with Gasteiger partial charge in [0.25, 0.3) is 0 Å². The van der Waals surface area contributed by atoms with Gasteiger partial charge in [-0.25, -0.2) is 9.78 Å². The number of aromatic carboxylic acids is 1. The van der Waals surface area contributed by atoms with Crippen LogP contribution in [0.25, 0.3) is 0 Å². The van der Waals surface area contributed by atoms with Gasteiger partial charge in [0.1, 0.15) is 5.82 Å². The molecule has 3 rings (SSSR count). The van der Waals surface area contributed by atoms with E-state index in [4.69, 9.17) is 5.11 Å². The van der Waals surface area contributed by atoms with E-state index in [0.717, 1.165) is 36.6 Å². The minimum Gasteiger partial charge on any atom is -0.478 e. The number of likely N-dealkylation sites (tertiary alicyclic amines) is 1. The molecule has 116 valence electrons. The van der Waals surface area contributed by atoms with Crippen molar-refractivity contribution in [1.82, 2.24) is 14.5 Å². The predicted molar refractivity (Wildman–Crippen MR) is 83.7 cm³/mol. The first-order valence-corrected chi connectivity index (χ1v) is 7.61. The average molecular weight is 299 g/mol. The summed E-state index contributed by atoms with van der Waals surface area (Å²) < 4.78 is 2.12. The van der Waals surface area contributed by atoms with Crippen molar-refractivity contribution in [3.8, 4) is 0 Å². The Morgan fingerprint density at radius 1 is 1.36 bits per heavy atom. The van der Waals surface area contributed by atoms with Gasteiger partial charge < -0.3 is 9.67 Å². The lowest BCUT2D eigenvalue weighted by molar-refractivity contribution is 0.0697. The highest BCUT2D eigenvalue weighted by Crippen LogP contribution is 2.32. The number of carbonyl (C=O) groups is 1. The van der Waals surface area contributed by atoms with E-state index in [1.165, 1.54) is 6.42 Å². The van der Waals surface area contributed by atoms with E-state index in [9.17, 15) is 4.79 Å². The zero-order chi connectivity index (χ0) is 15.7. The Hall–Kier alpha value is -2.14. The van der Waals surface area contributed by atoms with Gasteiger partial charge >= 0.3 is 5.97 Å². The first-order valence-electron chi connectivity index (χ1n) is 7.61. The van der Waals surface area contributed by atoms with Crippen molar-refractivity contribution in [2.24, 2.45) is 7.05 Å². The second-order valence-electron chi connectivity index (χ2n) is 5.98. The molecule has 22 heavy (non-hydrogen) atoms. The number of imidazole rings is 1. The maximum atomic E-state index is 10.9. The summed E-state index contributed by atoms with van der Waals surface area (Å²) in [6.07, 6.45) is 4.36. The zero-order valence-corrected chi connectivity index (χ0v) is 13.0. The Labute approximate surface area is 130 Å². The number of hydrogen-bond acceptors (Lipinski definition) is 3. The van der Waals surface area contributed by atoms with Crippen LogP contribution >= 0.6 is 0 Å². The third-order valence-electron chi connectivity index (χ3n) is 4.28. The molecule has 1 saturated heterocycles. The third kappa shape index (κ3) is 2.90. The summed E-state index contributed by atoms with van der Waals surface area (Å²) in [5.74, 6) is 0.242. The van der Waals surface area contributed by atoms with Crippen molar-refractivity contribution >= 4 is 5.97 Å². The molecule has 1 aliphatic heterocycles. The van der Waals surface area contributed by atoms with Crippen LogP contribution in [-0.2, 0) is 13.6 Å². The molecule has 0 amide bonds. The van der Waals surface area contributed by atoms with Crippen LogP contribution in [0.4, 0.5) is 0 Å². The first kappa shape index (κ1) is 14.8. The van der Waals surface area contributed by atoms with Crippen molar-refractivity contribution in [2.75, 3.05) is 6.54 Å². The van der Waals surface area contributed by atoms with Gasteiger partial charge in [-0.05, 0) is 44.0 Å². The van der Waals surface area contributed by atoms with E-state index >= 15 is 0 Å². The molecule has 1 fully saturated rings. The van der Waals surface area contributed by atoms with Gasteiger partial charge in [-0.3, -0.25) is 4.90 Å². The Balaban J connectivity index is 1.76. The van der Waals surface area contributed by atoms with Crippen molar-refractivity contribution in [3.05, 3.63) is 53.1 Å². The molecule has 0 bridgehead atoms. The molecule has 2 aromatic rings. The molecule has 5 heteroatoms. The molecule has 0 spiro atoms. The SMILES string of the molecule is Cc1cn(C)c([C@@H]2CCCN2Cc2ccc(C(=O)O)cc2)n1. The number of carboxylic acids is 1. The highest BCUT2D eigenvalue weighted by molar-refractivity contribution is 5.87. The molecule has 5 nitrogen and oxygen atoms in total. The topological polar surface area (TPSA) is 58.4 Å². The number of hydrogen-bond donors (Lipinski definition) is 1. The van der Waals surface area contributed by atoms with Crippen molar-refractivity contribution in [3.63, 3.8) is 0 Å². The van der Waals surface area contributed by atoms with E-state index in [0.29, 0.717) is 11.6 Å². The molecule has 0 saturated carbocycles. The number of aryl methyl sites for hydroxylation is 2. The average Bonchev–Trinajstić information content (AvgIpc) is 3.05. The number of aromatic nitrogens is 2. The lowest BCUT2D eigenvalue weighted by atomic mass is 10.1. The molecule has 1 aromatic carbocycles. The minimum atomic E-state index is -0.880. The van der Waals surface area contributed by atoms with Crippen LogP contribution in [0, 0.1) is 6.92 Å². The first-order chi connectivity index (χ1) is 10.5. The quantitative estimate of drug-likeness (QED) is 0.943. The van der Waals surface area contributed by atoms with Gasteiger partial charge in [-0.15, -0.1) is 0 Å². The minimum absolute atomic E-state index is 0.335. The second-order valence-corrected chi connectivity index (χ2v) is 5.98. The fourth-order valence-electron chi connectivity index (χ4n) is 3.24. The number of benzene rings is 1. The Morgan fingerprint density at radius 2 is 2.09 bits per heavy atom. The van der Waals surface area contributed by atoms with E-state index in [2.05, 4.69) is 20.6 Å². The van der Waals surface area contributed by atoms with E-state index < -0.39 is 5.97 Å². The molecule has 0 aliphatic carbocycles. The summed E-state index contributed by atoms with van der Waals surface area (Å²) >= 11 is 0. The summed E-state index contributed by atoms with van der Waals surface area (Å²) in [5.41, 5.74) is 2.53. The van der Waals surface area contributed by atoms with Crippen LogP contribution in [0.1, 0.15) is 46.3 Å². The van der Waals surface area contributed by atoms with E-state index in [-0.39, 0.29) is 0 Å². The highest BCUT2D eigenvalue weighted by atomic mass is 16.4. The summed E-state index contributed by atoms with van der Waals surface area (Å²) in [6.45, 7) is 3.90. The fourth-order valence-corrected chi connectivity index (χ4v) is 3.24. The largest absolute Gasteiger partial charge is 0.478 e. The molecule has 0 unspecified atom stereocenters.